The van der Waals surface area contributed by atoms with E-state index in [9.17, 15) is 4.79 Å². The largest absolute Gasteiger partial charge is 0.351 e. The van der Waals surface area contributed by atoms with Gasteiger partial charge in [-0.2, -0.15) is 0 Å². The Kier molecular flexibility index (Phi) is 4.79. The molecule has 0 atom stereocenters. The molecule has 116 valence electrons. The number of amides is 1. The Morgan fingerprint density at radius 1 is 1.13 bits per heavy atom. The summed E-state index contributed by atoms with van der Waals surface area (Å²) < 4.78 is 2.14. The van der Waals surface area contributed by atoms with Crippen molar-refractivity contribution in [3.63, 3.8) is 0 Å². The lowest BCUT2D eigenvalue weighted by Crippen LogP contribution is -2.25. The van der Waals surface area contributed by atoms with Crippen LogP contribution in [-0.4, -0.2) is 17.0 Å². The Morgan fingerprint density at radius 2 is 2.00 bits per heavy atom. The number of hydrogen-bond acceptors (Lipinski definition) is 1. The van der Waals surface area contributed by atoms with Crippen molar-refractivity contribution in [1.82, 2.24) is 9.88 Å². The number of carbonyl (C=O) groups is 1. The molecule has 0 radical (unpaired) electrons. The molecule has 23 heavy (non-hydrogen) atoms. The minimum Gasteiger partial charge on any atom is -0.351 e. The Balaban J connectivity index is 1.53. The first-order chi connectivity index (χ1) is 11.2. The number of nitrogens with one attached hydrogen (secondary N) is 1. The lowest BCUT2D eigenvalue weighted by molar-refractivity contribution is -0.116. The highest BCUT2D eigenvalue weighted by Crippen LogP contribution is 2.14. The van der Waals surface area contributed by atoms with Crippen LogP contribution in [0.1, 0.15) is 5.56 Å². The van der Waals surface area contributed by atoms with Crippen molar-refractivity contribution in [3.8, 4) is 0 Å². The summed E-state index contributed by atoms with van der Waals surface area (Å²) in [6.07, 6.45) is 5.32. The van der Waals surface area contributed by atoms with Gasteiger partial charge in [0.1, 0.15) is 0 Å². The molecule has 1 heterocycles. The molecular weight excluding hydrogens is 308 g/mol. The molecule has 0 spiro atoms. The van der Waals surface area contributed by atoms with Crippen molar-refractivity contribution in [3.05, 3.63) is 77.5 Å². The minimum atomic E-state index is -0.110. The Hall–Kier alpha value is -2.52. The van der Waals surface area contributed by atoms with Crippen LogP contribution in [0.5, 0.6) is 0 Å². The van der Waals surface area contributed by atoms with Gasteiger partial charge in [0, 0.05) is 35.9 Å². The van der Waals surface area contributed by atoms with E-state index in [0.717, 1.165) is 12.1 Å². The number of rotatable bonds is 5. The number of hydrogen-bond donors (Lipinski definition) is 1. The van der Waals surface area contributed by atoms with E-state index in [1.165, 1.54) is 17.0 Å². The van der Waals surface area contributed by atoms with Crippen LogP contribution in [0.4, 0.5) is 0 Å². The molecule has 0 saturated carbocycles. The van der Waals surface area contributed by atoms with E-state index < -0.39 is 0 Å². The molecule has 1 aromatic heterocycles. The lowest BCUT2D eigenvalue weighted by Gasteiger charge is -2.06. The zero-order valence-electron chi connectivity index (χ0n) is 12.6. The smallest absolute Gasteiger partial charge is 0.244 e. The summed E-state index contributed by atoms with van der Waals surface area (Å²) in [6, 6.07) is 17.7. The van der Waals surface area contributed by atoms with Crippen molar-refractivity contribution < 1.29 is 4.79 Å². The molecule has 0 aliphatic carbocycles. The van der Waals surface area contributed by atoms with Crippen molar-refractivity contribution in [2.24, 2.45) is 0 Å². The molecule has 0 saturated heterocycles. The number of para-hydroxylation sites is 1. The SMILES string of the molecule is O=C(/C=C/c1cccc(Cl)c1)NCCn1ccc2ccccc21. The molecule has 3 nitrogen and oxygen atoms in total. The highest BCUT2D eigenvalue weighted by Gasteiger charge is 2.00. The van der Waals surface area contributed by atoms with Crippen molar-refractivity contribution in [2.45, 2.75) is 6.54 Å². The highest BCUT2D eigenvalue weighted by molar-refractivity contribution is 6.30. The fourth-order valence-electron chi connectivity index (χ4n) is 2.48. The Bertz CT molecular complexity index is 851. The van der Waals surface area contributed by atoms with Crippen LogP contribution in [0.2, 0.25) is 5.02 Å². The number of halogens is 1. The lowest BCUT2D eigenvalue weighted by atomic mass is 10.2. The van der Waals surface area contributed by atoms with Crippen molar-refractivity contribution >= 4 is 34.5 Å². The third-order valence-electron chi connectivity index (χ3n) is 3.61. The van der Waals surface area contributed by atoms with Crippen molar-refractivity contribution in [1.29, 1.82) is 0 Å². The average molecular weight is 325 g/mol. The Morgan fingerprint density at radius 3 is 2.87 bits per heavy atom. The average Bonchev–Trinajstić information content (AvgIpc) is 2.97. The predicted octanol–water partition coefficient (Wildman–Crippen LogP) is 4.12. The van der Waals surface area contributed by atoms with E-state index in [1.54, 1.807) is 12.1 Å². The number of nitrogens with zero attached hydrogens (tertiary/aromatic N) is 1. The maximum atomic E-state index is 11.9. The molecular formula is C19H17ClN2O. The monoisotopic (exact) mass is 324 g/mol. The summed E-state index contributed by atoms with van der Waals surface area (Å²) in [5, 5.41) is 4.76. The highest BCUT2D eigenvalue weighted by atomic mass is 35.5. The van der Waals surface area contributed by atoms with Gasteiger partial charge in [-0.15, -0.1) is 0 Å². The molecule has 1 amide bonds. The fraction of sp³-hybridized carbons (Fsp3) is 0.105. The molecule has 0 aliphatic rings. The van der Waals surface area contributed by atoms with Gasteiger partial charge in [-0.25, -0.2) is 0 Å². The maximum Gasteiger partial charge on any atom is 0.244 e. The summed E-state index contributed by atoms with van der Waals surface area (Å²) in [7, 11) is 0. The van der Waals surface area contributed by atoms with Crippen LogP contribution >= 0.6 is 11.6 Å². The van der Waals surface area contributed by atoms with Gasteiger partial charge in [-0.05, 0) is 41.3 Å². The van der Waals surface area contributed by atoms with E-state index in [0.29, 0.717) is 11.6 Å². The van der Waals surface area contributed by atoms with Gasteiger partial charge in [0.2, 0.25) is 5.91 Å². The number of benzene rings is 2. The summed E-state index contributed by atoms with van der Waals surface area (Å²) in [5.74, 6) is -0.110. The van der Waals surface area contributed by atoms with Crippen molar-refractivity contribution in [2.75, 3.05) is 6.54 Å². The fourth-order valence-corrected chi connectivity index (χ4v) is 2.67. The Labute approximate surface area is 140 Å². The first-order valence-corrected chi connectivity index (χ1v) is 7.85. The van der Waals surface area contributed by atoms with E-state index >= 15 is 0 Å². The second-order valence-electron chi connectivity index (χ2n) is 5.25. The third kappa shape index (κ3) is 4.02. The summed E-state index contributed by atoms with van der Waals surface area (Å²) in [6.45, 7) is 1.32. The molecule has 4 heteroatoms. The molecule has 0 unspecified atom stereocenters. The normalized spacial score (nSPS) is 11.2. The van der Waals surface area contributed by atoms with Crippen LogP contribution < -0.4 is 5.32 Å². The predicted molar refractivity (Wildman–Crippen MR) is 95.4 cm³/mol. The molecule has 3 rings (SSSR count). The first kappa shape index (κ1) is 15.4. The quantitative estimate of drug-likeness (QED) is 0.704. The van der Waals surface area contributed by atoms with Gasteiger partial charge in [-0.1, -0.05) is 41.9 Å². The second-order valence-corrected chi connectivity index (χ2v) is 5.68. The summed E-state index contributed by atoms with van der Waals surface area (Å²) >= 11 is 5.91. The van der Waals surface area contributed by atoms with Gasteiger partial charge >= 0.3 is 0 Å². The molecule has 0 bridgehead atoms. The van der Waals surface area contributed by atoms with E-state index in [2.05, 4.69) is 28.1 Å². The molecule has 1 N–H and O–H groups in total. The van der Waals surface area contributed by atoms with Crippen LogP contribution in [0.3, 0.4) is 0 Å². The van der Waals surface area contributed by atoms with E-state index in [1.807, 2.05) is 36.5 Å². The van der Waals surface area contributed by atoms with Gasteiger partial charge in [-0.3, -0.25) is 4.79 Å². The van der Waals surface area contributed by atoms with E-state index in [-0.39, 0.29) is 5.91 Å². The molecule has 3 aromatic rings. The number of carbonyl (C=O) groups excluding carboxylic acids is 1. The van der Waals surface area contributed by atoms with Crippen LogP contribution in [-0.2, 0) is 11.3 Å². The summed E-state index contributed by atoms with van der Waals surface area (Å²) in [5.41, 5.74) is 2.08. The molecule has 0 aliphatic heterocycles. The topological polar surface area (TPSA) is 34.0 Å². The minimum absolute atomic E-state index is 0.110. The van der Waals surface area contributed by atoms with E-state index in [4.69, 9.17) is 11.6 Å². The molecule has 2 aromatic carbocycles. The standard InChI is InChI=1S/C19H17ClN2O/c20-17-6-3-4-15(14-17)8-9-19(23)21-11-13-22-12-10-16-5-1-2-7-18(16)22/h1-10,12,14H,11,13H2,(H,21,23)/b9-8+. The zero-order valence-corrected chi connectivity index (χ0v) is 13.3. The van der Waals surface area contributed by atoms with Crippen LogP contribution in [0.25, 0.3) is 17.0 Å². The third-order valence-corrected chi connectivity index (χ3v) is 3.84. The summed E-state index contributed by atoms with van der Waals surface area (Å²) in [4.78, 5) is 11.9. The van der Waals surface area contributed by atoms with Gasteiger partial charge in [0.25, 0.3) is 0 Å². The van der Waals surface area contributed by atoms with Gasteiger partial charge in [0.05, 0.1) is 0 Å². The maximum absolute atomic E-state index is 11.9. The number of fused-ring (bicyclic) bond motifs is 1. The van der Waals surface area contributed by atoms with Gasteiger partial charge < -0.3 is 9.88 Å². The molecule has 0 fully saturated rings. The number of aromatic nitrogens is 1. The second kappa shape index (κ2) is 7.16. The van der Waals surface area contributed by atoms with Crippen LogP contribution in [0.15, 0.2) is 66.9 Å². The van der Waals surface area contributed by atoms with Crippen LogP contribution in [0, 0.1) is 0 Å². The zero-order chi connectivity index (χ0) is 16.1. The first-order valence-electron chi connectivity index (χ1n) is 7.48. The van der Waals surface area contributed by atoms with Gasteiger partial charge in [0.15, 0.2) is 0 Å².